The summed E-state index contributed by atoms with van der Waals surface area (Å²) in [6, 6.07) is 8.67. The van der Waals surface area contributed by atoms with Gasteiger partial charge in [0, 0.05) is 0 Å². The molecule has 0 saturated carbocycles. The van der Waals surface area contributed by atoms with Gasteiger partial charge in [-0.3, -0.25) is 0 Å². The molecule has 0 fully saturated rings. The summed E-state index contributed by atoms with van der Waals surface area (Å²) in [5.41, 5.74) is 4.61. The maximum absolute atomic E-state index is 4.36. The van der Waals surface area contributed by atoms with Gasteiger partial charge in [-0.2, -0.15) is 0 Å². The molecule has 1 atom stereocenters. The van der Waals surface area contributed by atoms with Crippen molar-refractivity contribution in [2.24, 2.45) is 0 Å². The molecule has 4 heteroatoms. The molecule has 108 valence electrons. The highest BCUT2D eigenvalue weighted by Gasteiger charge is 2.16. The van der Waals surface area contributed by atoms with Crippen LogP contribution in [-0.4, -0.2) is 21.5 Å². The van der Waals surface area contributed by atoms with E-state index in [4.69, 9.17) is 0 Å². The molecule has 20 heavy (non-hydrogen) atoms. The molecule has 2 rings (SSSR count). The van der Waals surface area contributed by atoms with E-state index in [0.717, 1.165) is 36.5 Å². The molecule has 0 radical (unpaired) electrons. The molecular formula is C16H24N4. The van der Waals surface area contributed by atoms with Crippen LogP contribution < -0.4 is 5.32 Å². The van der Waals surface area contributed by atoms with Crippen molar-refractivity contribution in [3.63, 3.8) is 0 Å². The smallest absolute Gasteiger partial charge is 0.103 e. The lowest BCUT2D eigenvalue weighted by atomic mass is 10.1. The first-order chi connectivity index (χ1) is 9.69. The van der Waals surface area contributed by atoms with Gasteiger partial charge in [0.1, 0.15) is 5.69 Å². The largest absolute Gasteiger partial charge is 0.309 e. The van der Waals surface area contributed by atoms with Gasteiger partial charge in [-0.25, -0.2) is 4.68 Å². The minimum absolute atomic E-state index is 0.229. The fourth-order valence-corrected chi connectivity index (χ4v) is 2.57. The van der Waals surface area contributed by atoms with E-state index in [1.807, 2.05) is 4.68 Å². The number of hydrogen-bond acceptors (Lipinski definition) is 3. The average molecular weight is 272 g/mol. The Morgan fingerprint density at radius 3 is 2.70 bits per heavy atom. The highest BCUT2D eigenvalue weighted by molar-refractivity contribution is 5.42. The summed E-state index contributed by atoms with van der Waals surface area (Å²) < 4.78 is 1.97. The van der Waals surface area contributed by atoms with Crippen LogP contribution in [0.15, 0.2) is 24.3 Å². The van der Waals surface area contributed by atoms with Crippen molar-refractivity contribution in [1.29, 1.82) is 0 Å². The van der Waals surface area contributed by atoms with E-state index in [9.17, 15) is 0 Å². The van der Waals surface area contributed by atoms with E-state index >= 15 is 0 Å². The van der Waals surface area contributed by atoms with Gasteiger partial charge in [0.2, 0.25) is 0 Å². The number of aryl methyl sites for hydroxylation is 1. The molecule has 0 bridgehead atoms. The molecule has 1 heterocycles. The van der Waals surface area contributed by atoms with Crippen molar-refractivity contribution in [3.05, 3.63) is 41.2 Å². The standard InChI is InChI=1S/C16H24N4/c1-5-9-14-10-7-8-11-15(14)20-13(4)16(18-19-20)12(3)17-6-2/h7-8,10-12,17H,5-6,9H2,1-4H3. The van der Waals surface area contributed by atoms with Gasteiger partial charge in [0.25, 0.3) is 0 Å². The van der Waals surface area contributed by atoms with E-state index in [1.165, 1.54) is 5.56 Å². The average Bonchev–Trinajstić information content (AvgIpc) is 2.82. The number of nitrogens with zero attached hydrogens (tertiary/aromatic N) is 3. The number of nitrogens with one attached hydrogen (secondary N) is 1. The van der Waals surface area contributed by atoms with Crippen LogP contribution in [0.3, 0.4) is 0 Å². The topological polar surface area (TPSA) is 42.7 Å². The quantitative estimate of drug-likeness (QED) is 0.878. The molecule has 0 aliphatic heterocycles. The van der Waals surface area contributed by atoms with Crippen molar-refractivity contribution in [3.8, 4) is 5.69 Å². The number of para-hydroxylation sites is 1. The van der Waals surface area contributed by atoms with Crippen LogP contribution in [0.4, 0.5) is 0 Å². The predicted molar refractivity (Wildman–Crippen MR) is 82.2 cm³/mol. The number of hydrogen-bond donors (Lipinski definition) is 1. The van der Waals surface area contributed by atoms with E-state index < -0.39 is 0 Å². The highest BCUT2D eigenvalue weighted by Crippen LogP contribution is 2.21. The van der Waals surface area contributed by atoms with Crippen LogP contribution in [0.1, 0.15) is 50.2 Å². The van der Waals surface area contributed by atoms with Crippen LogP contribution >= 0.6 is 0 Å². The minimum atomic E-state index is 0.229. The summed E-state index contributed by atoms with van der Waals surface area (Å²) in [5, 5.41) is 12.1. The molecule has 0 amide bonds. The monoisotopic (exact) mass is 272 g/mol. The van der Waals surface area contributed by atoms with E-state index in [0.29, 0.717) is 0 Å². The third-order valence-electron chi connectivity index (χ3n) is 3.59. The van der Waals surface area contributed by atoms with Gasteiger partial charge in [-0.1, -0.05) is 43.7 Å². The Balaban J connectivity index is 2.39. The molecule has 1 aromatic carbocycles. The van der Waals surface area contributed by atoms with Crippen LogP contribution in [-0.2, 0) is 6.42 Å². The molecule has 0 aliphatic rings. The van der Waals surface area contributed by atoms with Crippen LogP contribution in [0.2, 0.25) is 0 Å². The minimum Gasteiger partial charge on any atom is -0.309 e. The summed E-state index contributed by atoms with van der Waals surface area (Å²) in [6.45, 7) is 9.45. The highest BCUT2D eigenvalue weighted by atomic mass is 15.4. The molecule has 1 N–H and O–H groups in total. The third-order valence-corrected chi connectivity index (χ3v) is 3.59. The first kappa shape index (κ1) is 14.7. The Bertz CT molecular complexity index is 559. The van der Waals surface area contributed by atoms with Gasteiger partial charge < -0.3 is 5.32 Å². The maximum Gasteiger partial charge on any atom is 0.103 e. The Morgan fingerprint density at radius 2 is 2.00 bits per heavy atom. The molecule has 1 unspecified atom stereocenters. The molecule has 0 saturated heterocycles. The van der Waals surface area contributed by atoms with Crippen molar-refractivity contribution in [2.75, 3.05) is 6.54 Å². The lowest BCUT2D eigenvalue weighted by Crippen LogP contribution is -2.19. The SMILES string of the molecule is CCCc1ccccc1-n1nnc(C(C)NCC)c1C. The van der Waals surface area contributed by atoms with Crippen molar-refractivity contribution in [2.45, 2.75) is 46.6 Å². The Kier molecular flexibility index (Phi) is 4.90. The summed E-state index contributed by atoms with van der Waals surface area (Å²) >= 11 is 0. The molecule has 2 aromatic rings. The fraction of sp³-hybridized carbons (Fsp3) is 0.500. The fourth-order valence-electron chi connectivity index (χ4n) is 2.57. The van der Waals surface area contributed by atoms with Gasteiger partial charge in [-0.15, -0.1) is 5.10 Å². The molecule has 1 aromatic heterocycles. The second-order valence-electron chi connectivity index (χ2n) is 5.13. The third kappa shape index (κ3) is 2.90. The Labute approximate surface area is 121 Å². The van der Waals surface area contributed by atoms with Crippen molar-refractivity contribution >= 4 is 0 Å². The normalized spacial score (nSPS) is 12.6. The first-order valence-electron chi connectivity index (χ1n) is 7.42. The summed E-state index contributed by atoms with van der Waals surface area (Å²) in [4.78, 5) is 0. The number of benzene rings is 1. The van der Waals surface area contributed by atoms with Gasteiger partial charge >= 0.3 is 0 Å². The Hall–Kier alpha value is -1.68. The summed E-state index contributed by atoms with van der Waals surface area (Å²) in [6.07, 6.45) is 2.19. The summed E-state index contributed by atoms with van der Waals surface area (Å²) in [5.74, 6) is 0. The van der Waals surface area contributed by atoms with E-state index in [1.54, 1.807) is 0 Å². The molecular weight excluding hydrogens is 248 g/mol. The first-order valence-corrected chi connectivity index (χ1v) is 7.42. The zero-order valence-electron chi connectivity index (χ0n) is 12.8. The van der Waals surface area contributed by atoms with Crippen LogP contribution in [0, 0.1) is 6.92 Å². The molecule has 4 nitrogen and oxygen atoms in total. The summed E-state index contributed by atoms with van der Waals surface area (Å²) in [7, 11) is 0. The second kappa shape index (κ2) is 6.66. The van der Waals surface area contributed by atoms with E-state index in [-0.39, 0.29) is 6.04 Å². The van der Waals surface area contributed by atoms with Crippen LogP contribution in [0.5, 0.6) is 0 Å². The van der Waals surface area contributed by atoms with Gasteiger partial charge in [-0.05, 0) is 38.4 Å². The number of rotatable bonds is 6. The number of aromatic nitrogens is 3. The van der Waals surface area contributed by atoms with Crippen LogP contribution in [0.25, 0.3) is 5.69 Å². The Morgan fingerprint density at radius 1 is 1.25 bits per heavy atom. The van der Waals surface area contributed by atoms with Gasteiger partial charge in [0.15, 0.2) is 0 Å². The lowest BCUT2D eigenvalue weighted by molar-refractivity contribution is 0.579. The zero-order chi connectivity index (χ0) is 14.5. The van der Waals surface area contributed by atoms with Crippen molar-refractivity contribution < 1.29 is 0 Å². The second-order valence-corrected chi connectivity index (χ2v) is 5.13. The zero-order valence-corrected chi connectivity index (χ0v) is 12.8. The van der Waals surface area contributed by atoms with Gasteiger partial charge in [0.05, 0.1) is 17.4 Å². The van der Waals surface area contributed by atoms with Crippen molar-refractivity contribution in [1.82, 2.24) is 20.3 Å². The maximum atomic E-state index is 4.36. The lowest BCUT2D eigenvalue weighted by Gasteiger charge is -2.12. The predicted octanol–water partition coefficient (Wildman–Crippen LogP) is 3.20. The molecule has 0 spiro atoms. The van der Waals surface area contributed by atoms with E-state index in [2.05, 4.69) is 67.6 Å². The molecule has 0 aliphatic carbocycles.